The monoisotopic (exact) mass is 268 g/mol. The summed E-state index contributed by atoms with van der Waals surface area (Å²) in [5.74, 6) is 0.647. The maximum Gasteiger partial charge on any atom is 0.251 e. The van der Waals surface area contributed by atoms with Gasteiger partial charge in [0.25, 0.3) is 5.91 Å². The predicted molar refractivity (Wildman–Crippen MR) is 63.6 cm³/mol. The average molecular weight is 269 g/mol. The highest BCUT2D eigenvalue weighted by Crippen LogP contribution is 2.27. The van der Waals surface area contributed by atoms with E-state index in [1.165, 1.54) is 12.8 Å². The average Bonchev–Trinajstić information content (AvgIpc) is 2.96. The number of nitrogens with one attached hydrogen (secondary N) is 1. The van der Waals surface area contributed by atoms with Crippen molar-refractivity contribution < 1.29 is 4.79 Å². The number of benzene rings is 1. The van der Waals surface area contributed by atoms with Crippen LogP contribution in [0.15, 0.2) is 22.7 Å². The summed E-state index contributed by atoms with van der Waals surface area (Å²) in [4.78, 5) is 11.7. The van der Waals surface area contributed by atoms with Gasteiger partial charge in [-0.2, -0.15) is 0 Å². The van der Waals surface area contributed by atoms with Crippen LogP contribution >= 0.6 is 15.9 Å². The van der Waals surface area contributed by atoms with Gasteiger partial charge in [-0.1, -0.05) is 15.9 Å². The van der Waals surface area contributed by atoms with E-state index >= 15 is 0 Å². The highest BCUT2D eigenvalue weighted by Gasteiger charge is 2.21. The van der Waals surface area contributed by atoms with Crippen molar-refractivity contribution in [2.75, 3.05) is 12.3 Å². The Bertz CT molecular complexity index is 368. The Hall–Kier alpha value is -1.03. The molecule has 4 heteroatoms. The van der Waals surface area contributed by atoms with Crippen molar-refractivity contribution in [1.29, 1.82) is 0 Å². The minimum absolute atomic E-state index is 0.0464. The standard InChI is InChI=1S/C11H13BrN2O/c12-9-3-8(4-10(13)5-9)11(15)14-6-7-1-2-7/h3-5,7H,1-2,6,13H2,(H,14,15). The minimum atomic E-state index is -0.0464. The summed E-state index contributed by atoms with van der Waals surface area (Å²) in [6.45, 7) is 0.783. The SMILES string of the molecule is Nc1cc(Br)cc(C(=O)NCC2CC2)c1. The van der Waals surface area contributed by atoms with E-state index in [2.05, 4.69) is 21.2 Å². The van der Waals surface area contributed by atoms with E-state index in [1.54, 1.807) is 18.2 Å². The van der Waals surface area contributed by atoms with Crippen LogP contribution < -0.4 is 11.1 Å². The van der Waals surface area contributed by atoms with Crippen molar-refractivity contribution in [2.45, 2.75) is 12.8 Å². The maximum atomic E-state index is 11.7. The quantitative estimate of drug-likeness (QED) is 0.826. The molecule has 3 N–H and O–H groups in total. The third-order valence-corrected chi connectivity index (χ3v) is 2.89. The van der Waals surface area contributed by atoms with E-state index in [0.717, 1.165) is 11.0 Å². The molecular formula is C11H13BrN2O. The lowest BCUT2D eigenvalue weighted by Gasteiger charge is -2.05. The molecule has 0 bridgehead atoms. The van der Waals surface area contributed by atoms with Crippen LogP contribution in [0.2, 0.25) is 0 Å². The summed E-state index contributed by atoms with van der Waals surface area (Å²) in [5.41, 5.74) is 6.87. The Morgan fingerprint density at radius 1 is 1.47 bits per heavy atom. The Morgan fingerprint density at radius 3 is 2.80 bits per heavy atom. The number of nitrogen functional groups attached to an aromatic ring is 1. The molecule has 0 spiro atoms. The molecule has 15 heavy (non-hydrogen) atoms. The molecule has 1 amide bonds. The van der Waals surface area contributed by atoms with Gasteiger partial charge in [0.05, 0.1) is 0 Å². The summed E-state index contributed by atoms with van der Waals surface area (Å²) >= 11 is 3.31. The number of hydrogen-bond donors (Lipinski definition) is 2. The van der Waals surface area contributed by atoms with Crippen LogP contribution in [-0.4, -0.2) is 12.5 Å². The molecule has 0 heterocycles. The van der Waals surface area contributed by atoms with Gasteiger partial charge in [-0.15, -0.1) is 0 Å². The lowest BCUT2D eigenvalue weighted by molar-refractivity contribution is 0.0952. The number of carbonyl (C=O) groups is 1. The second-order valence-corrected chi connectivity index (χ2v) is 4.84. The molecule has 0 aromatic heterocycles. The number of rotatable bonds is 3. The van der Waals surface area contributed by atoms with Crippen LogP contribution in [0.5, 0.6) is 0 Å². The van der Waals surface area contributed by atoms with Gasteiger partial charge in [0.2, 0.25) is 0 Å². The van der Waals surface area contributed by atoms with Gasteiger partial charge in [-0.05, 0) is 37.0 Å². The normalized spacial score (nSPS) is 15.0. The highest BCUT2D eigenvalue weighted by molar-refractivity contribution is 9.10. The van der Waals surface area contributed by atoms with Gasteiger partial charge in [-0.25, -0.2) is 0 Å². The molecule has 1 fully saturated rings. The Morgan fingerprint density at radius 2 is 2.20 bits per heavy atom. The minimum Gasteiger partial charge on any atom is -0.399 e. The van der Waals surface area contributed by atoms with Gasteiger partial charge < -0.3 is 11.1 Å². The Labute approximate surface area is 97.2 Å². The van der Waals surface area contributed by atoms with Gasteiger partial charge in [-0.3, -0.25) is 4.79 Å². The number of amides is 1. The molecule has 1 aliphatic carbocycles. The van der Waals surface area contributed by atoms with Crippen molar-refractivity contribution in [3.8, 4) is 0 Å². The highest BCUT2D eigenvalue weighted by atomic mass is 79.9. The van der Waals surface area contributed by atoms with Crippen molar-refractivity contribution in [3.63, 3.8) is 0 Å². The topological polar surface area (TPSA) is 55.1 Å². The van der Waals surface area contributed by atoms with E-state index in [4.69, 9.17) is 5.73 Å². The molecule has 1 saturated carbocycles. The molecule has 2 rings (SSSR count). The number of nitrogens with two attached hydrogens (primary N) is 1. The van der Waals surface area contributed by atoms with Crippen LogP contribution in [0.1, 0.15) is 23.2 Å². The van der Waals surface area contributed by atoms with Gasteiger partial charge in [0.1, 0.15) is 0 Å². The summed E-state index contributed by atoms with van der Waals surface area (Å²) in [5, 5.41) is 2.90. The van der Waals surface area contributed by atoms with Crippen LogP contribution in [0.4, 0.5) is 5.69 Å². The molecule has 3 nitrogen and oxygen atoms in total. The van der Waals surface area contributed by atoms with Gasteiger partial charge in [0, 0.05) is 22.3 Å². The summed E-state index contributed by atoms with van der Waals surface area (Å²) in [7, 11) is 0. The molecule has 0 radical (unpaired) electrons. The lowest BCUT2D eigenvalue weighted by Crippen LogP contribution is -2.25. The molecule has 0 unspecified atom stereocenters. The number of carbonyl (C=O) groups excluding carboxylic acids is 1. The van der Waals surface area contributed by atoms with Crippen molar-refractivity contribution >= 4 is 27.5 Å². The lowest BCUT2D eigenvalue weighted by atomic mass is 10.2. The van der Waals surface area contributed by atoms with Crippen LogP contribution in [0, 0.1) is 5.92 Å². The first-order valence-electron chi connectivity index (χ1n) is 4.99. The zero-order valence-electron chi connectivity index (χ0n) is 8.29. The maximum absolute atomic E-state index is 11.7. The van der Waals surface area contributed by atoms with Crippen LogP contribution in [-0.2, 0) is 0 Å². The smallest absolute Gasteiger partial charge is 0.251 e. The second kappa shape index (κ2) is 4.23. The zero-order chi connectivity index (χ0) is 10.8. The number of anilines is 1. The number of halogens is 1. The molecule has 1 aromatic carbocycles. The van der Waals surface area contributed by atoms with E-state index in [0.29, 0.717) is 17.2 Å². The Balaban J connectivity index is 2.02. The molecule has 1 aromatic rings. The molecule has 0 atom stereocenters. The molecule has 0 saturated heterocycles. The van der Waals surface area contributed by atoms with Crippen molar-refractivity contribution in [1.82, 2.24) is 5.32 Å². The largest absolute Gasteiger partial charge is 0.399 e. The Kier molecular flexibility index (Phi) is 2.95. The zero-order valence-corrected chi connectivity index (χ0v) is 9.88. The van der Waals surface area contributed by atoms with E-state index < -0.39 is 0 Å². The molecule has 0 aliphatic heterocycles. The first-order chi connectivity index (χ1) is 7.15. The molecule has 1 aliphatic rings. The second-order valence-electron chi connectivity index (χ2n) is 3.93. The summed E-state index contributed by atoms with van der Waals surface area (Å²) in [6, 6.07) is 5.24. The summed E-state index contributed by atoms with van der Waals surface area (Å²) < 4.78 is 0.832. The first-order valence-corrected chi connectivity index (χ1v) is 5.79. The fraction of sp³-hybridized carbons (Fsp3) is 0.364. The van der Waals surface area contributed by atoms with Gasteiger partial charge in [0.15, 0.2) is 0 Å². The molecule has 80 valence electrons. The van der Waals surface area contributed by atoms with Gasteiger partial charge >= 0.3 is 0 Å². The fourth-order valence-corrected chi connectivity index (χ4v) is 1.92. The van der Waals surface area contributed by atoms with Crippen LogP contribution in [0.25, 0.3) is 0 Å². The van der Waals surface area contributed by atoms with E-state index in [9.17, 15) is 4.79 Å². The number of hydrogen-bond acceptors (Lipinski definition) is 2. The molecular weight excluding hydrogens is 256 g/mol. The van der Waals surface area contributed by atoms with E-state index in [1.807, 2.05) is 0 Å². The van der Waals surface area contributed by atoms with Crippen LogP contribution in [0.3, 0.4) is 0 Å². The van der Waals surface area contributed by atoms with Crippen molar-refractivity contribution in [2.24, 2.45) is 5.92 Å². The van der Waals surface area contributed by atoms with E-state index in [-0.39, 0.29) is 5.91 Å². The van der Waals surface area contributed by atoms with Crippen molar-refractivity contribution in [3.05, 3.63) is 28.2 Å². The third kappa shape index (κ3) is 2.96. The third-order valence-electron chi connectivity index (χ3n) is 2.43. The predicted octanol–water partition coefficient (Wildman–Crippen LogP) is 2.17. The fourth-order valence-electron chi connectivity index (χ4n) is 1.40. The first kappa shape index (κ1) is 10.5. The summed E-state index contributed by atoms with van der Waals surface area (Å²) in [6.07, 6.45) is 2.47.